The van der Waals surface area contributed by atoms with Crippen molar-refractivity contribution in [1.82, 2.24) is 0 Å². The van der Waals surface area contributed by atoms with Crippen molar-refractivity contribution in [1.29, 1.82) is 0 Å². The number of ether oxygens (including phenoxy) is 3. The van der Waals surface area contributed by atoms with Gasteiger partial charge in [-0.1, -0.05) is 22.0 Å². The van der Waals surface area contributed by atoms with Gasteiger partial charge in [-0.2, -0.15) is 0 Å². The number of hydrogen-bond acceptors (Lipinski definition) is 9. The number of imide groups is 1. The van der Waals surface area contributed by atoms with Crippen LogP contribution in [0.15, 0.2) is 34.8 Å². The van der Waals surface area contributed by atoms with Gasteiger partial charge in [0.25, 0.3) is 12.0 Å². The molecule has 0 spiro atoms. The van der Waals surface area contributed by atoms with Gasteiger partial charge in [-0.3, -0.25) is 29.3 Å². The van der Waals surface area contributed by atoms with E-state index in [9.17, 15) is 29.3 Å². The Balaban J connectivity index is 1.79. The fourth-order valence-electron chi connectivity index (χ4n) is 4.29. The van der Waals surface area contributed by atoms with Crippen molar-refractivity contribution in [2.75, 3.05) is 4.90 Å². The quantitative estimate of drug-likeness (QED) is 0.149. The first-order chi connectivity index (χ1) is 14.6. The summed E-state index contributed by atoms with van der Waals surface area (Å²) in [5.74, 6) is -5.28. The maximum absolute atomic E-state index is 13.4. The van der Waals surface area contributed by atoms with Crippen molar-refractivity contribution in [3.05, 3.63) is 44.9 Å². The molecule has 31 heavy (non-hydrogen) atoms. The highest BCUT2D eigenvalue weighted by atomic mass is 79.9. The molecule has 2 amide bonds. The van der Waals surface area contributed by atoms with Gasteiger partial charge in [0.15, 0.2) is 5.60 Å². The van der Waals surface area contributed by atoms with Crippen molar-refractivity contribution in [2.24, 2.45) is 11.8 Å². The lowest BCUT2D eigenvalue weighted by Crippen LogP contribution is -2.52. The second-order valence-corrected chi connectivity index (χ2v) is 8.17. The van der Waals surface area contributed by atoms with Crippen LogP contribution in [0.2, 0.25) is 0 Å². The van der Waals surface area contributed by atoms with Gasteiger partial charge in [0.1, 0.15) is 5.69 Å². The summed E-state index contributed by atoms with van der Waals surface area (Å²) in [6.45, 7) is 2.18. The molecule has 0 saturated carbocycles. The van der Waals surface area contributed by atoms with Crippen LogP contribution in [-0.4, -0.2) is 46.7 Å². The van der Waals surface area contributed by atoms with E-state index < -0.39 is 64.2 Å². The highest BCUT2D eigenvalue weighted by Crippen LogP contribution is 2.55. The predicted molar refractivity (Wildman–Crippen MR) is 104 cm³/mol. The maximum atomic E-state index is 13.4. The standard InChI is InChI=1S/C19H15BrN2O9/c1-8(23)29-18(30-9(2)24)19-6-5-13(31-19)14-15(19)17(26)21(16(14)25)11-4-3-10(20)7-12(11)22(27)28/h3-7,13-15,18H,1-2H3/t13-,14+,15+,19-/m0/s1. The molecular weight excluding hydrogens is 480 g/mol. The summed E-state index contributed by atoms with van der Waals surface area (Å²) in [7, 11) is 0. The first-order valence-corrected chi connectivity index (χ1v) is 9.89. The lowest BCUT2D eigenvalue weighted by atomic mass is 9.76. The number of nitro benzene ring substituents is 1. The number of fused-ring (bicyclic) bond motifs is 5. The van der Waals surface area contributed by atoms with Crippen molar-refractivity contribution in [3.63, 3.8) is 0 Å². The Labute approximate surface area is 183 Å². The molecule has 2 fully saturated rings. The minimum absolute atomic E-state index is 0.191. The fourth-order valence-corrected chi connectivity index (χ4v) is 4.64. The third-order valence-electron chi connectivity index (χ3n) is 5.37. The smallest absolute Gasteiger partial charge is 0.305 e. The summed E-state index contributed by atoms with van der Waals surface area (Å²) in [5.41, 5.74) is -2.36. The Kier molecular flexibility index (Phi) is 4.93. The first kappa shape index (κ1) is 21.1. The molecule has 2 bridgehead atoms. The van der Waals surface area contributed by atoms with Crippen molar-refractivity contribution >= 4 is 51.1 Å². The largest absolute Gasteiger partial charge is 0.422 e. The molecule has 0 aromatic heterocycles. The van der Waals surface area contributed by atoms with Crippen LogP contribution in [0.25, 0.3) is 0 Å². The number of nitro groups is 1. The number of anilines is 1. The zero-order valence-electron chi connectivity index (χ0n) is 16.1. The van der Waals surface area contributed by atoms with Crippen LogP contribution < -0.4 is 4.90 Å². The second kappa shape index (κ2) is 7.24. The Hall–Kier alpha value is -3.12. The zero-order valence-corrected chi connectivity index (χ0v) is 17.7. The zero-order chi connectivity index (χ0) is 22.7. The van der Waals surface area contributed by atoms with Gasteiger partial charge >= 0.3 is 11.9 Å². The van der Waals surface area contributed by atoms with Crippen molar-refractivity contribution in [3.8, 4) is 0 Å². The minimum Gasteiger partial charge on any atom is -0.422 e. The molecule has 0 N–H and O–H groups in total. The maximum Gasteiger partial charge on any atom is 0.305 e. The average Bonchev–Trinajstić information content (AvgIpc) is 3.32. The van der Waals surface area contributed by atoms with Gasteiger partial charge in [0, 0.05) is 24.4 Å². The van der Waals surface area contributed by atoms with Gasteiger partial charge in [-0.25, -0.2) is 4.90 Å². The van der Waals surface area contributed by atoms with E-state index >= 15 is 0 Å². The SMILES string of the molecule is CC(=O)OC(OC(C)=O)[C@@]12C=C[C@H](O1)[C@H]1C(=O)N(c3ccc(Br)cc3[N+](=O)[O-])C(=O)[C@@H]12. The molecule has 12 heteroatoms. The molecule has 2 saturated heterocycles. The van der Waals surface area contributed by atoms with Gasteiger partial charge in [-0.15, -0.1) is 0 Å². The molecule has 0 radical (unpaired) electrons. The number of carbonyl (C=O) groups excluding carboxylic acids is 4. The summed E-state index contributed by atoms with van der Waals surface area (Å²) in [4.78, 5) is 61.4. The van der Waals surface area contributed by atoms with Crippen molar-refractivity contribution in [2.45, 2.75) is 31.8 Å². The fraction of sp³-hybridized carbons (Fsp3) is 0.368. The lowest BCUT2D eigenvalue weighted by molar-refractivity contribution is -0.384. The molecular formula is C19H15BrN2O9. The molecule has 11 nitrogen and oxygen atoms in total. The third kappa shape index (κ3) is 3.13. The number of rotatable bonds is 5. The van der Waals surface area contributed by atoms with Crippen LogP contribution >= 0.6 is 15.9 Å². The summed E-state index contributed by atoms with van der Waals surface area (Å²) in [5, 5.41) is 11.5. The van der Waals surface area contributed by atoms with E-state index in [0.29, 0.717) is 4.47 Å². The van der Waals surface area contributed by atoms with Crippen LogP contribution in [0.5, 0.6) is 0 Å². The number of benzene rings is 1. The minimum atomic E-state index is -1.72. The average molecular weight is 495 g/mol. The molecule has 0 unspecified atom stereocenters. The molecule has 1 aromatic rings. The number of amides is 2. The molecule has 4 rings (SSSR count). The van der Waals surface area contributed by atoms with Crippen LogP contribution in [-0.2, 0) is 33.4 Å². The van der Waals surface area contributed by atoms with E-state index in [1.807, 2.05) is 0 Å². The summed E-state index contributed by atoms with van der Waals surface area (Å²) < 4.78 is 16.5. The van der Waals surface area contributed by atoms with Crippen LogP contribution in [0, 0.1) is 22.0 Å². The molecule has 4 atom stereocenters. The lowest BCUT2D eigenvalue weighted by Gasteiger charge is -2.34. The molecule has 3 aliphatic heterocycles. The highest BCUT2D eigenvalue weighted by molar-refractivity contribution is 9.10. The topological polar surface area (TPSA) is 142 Å². The number of carbonyl (C=O) groups is 4. The van der Waals surface area contributed by atoms with Crippen molar-refractivity contribution < 1.29 is 38.3 Å². The van der Waals surface area contributed by atoms with Gasteiger partial charge in [0.2, 0.25) is 11.8 Å². The Bertz CT molecular complexity index is 1050. The number of hydrogen-bond donors (Lipinski definition) is 0. The van der Waals surface area contributed by atoms with E-state index in [4.69, 9.17) is 14.2 Å². The molecule has 1 aromatic carbocycles. The van der Waals surface area contributed by atoms with Crippen LogP contribution in [0.4, 0.5) is 11.4 Å². The van der Waals surface area contributed by atoms with E-state index in [1.54, 1.807) is 0 Å². The Morgan fingerprint density at radius 3 is 2.45 bits per heavy atom. The van der Waals surface area contributed by atoms with Gasteiger partial charge in [0.05, 0.1) is 22.9 Å². The van der Waals surface area contributed by atoms with E-state index in [0.717, 1.165) is 18.7 Å². The van der Waals surface area contributed by atoms with Gasteiger partial charge in [-0.05, 0) is 18.2 Å². The second-order valence-electron chi connectivity index (χ2n) is 7.25. The number of halogens is 1. The highest BCUT2D eigenvalue weighted by Gasteiger charge is 2.72. The summed E-state index contributed by atoms with van der Waals surface area (Å²) in [6.07, 6.45) is 0.483. The molecule has 3 heterocycles. The normalized spacial score (nSPS) is 28.3. The summed E-state index contributed by atoms with van der Waals surface area (Å²) >= 11 is 3.13. The van der Waals surface area contributed by atoms with E-state index in [-0.39, 0.29) is 5.69 Å². The van der Waals surface area contributed by atoms with Crippen LogP contribution in [0.1, 0.15) is 13.8 Å². The van der Waals surface area contributed by atoms with E-state index in [2.05, 4.69) is 15.9 Å². The predicted octanol–water partition coefficient (Wildman–Crippen LogP) is 1.62. The molecule has 162 valence electrons. The molecule has 3 aliphatic rings. The monoisotopic (exact) mass is 494 g/mol. The molecule has 0 aliphatic carbocycles. The number of nitrogens with zero attached hydrogens (tertiary/aromatic N) is 2. The van der Waals surface area contributed by atoms with Crippen LogP contribution in [0.3, 0.4) is 0 Å². The summed E-state index contributed by atoms with van der Waals surface area (Å²) in [6, 6.07) is 3.94. The Morgan fingerprint density at radius 1 is 1.23 bits per heavy atom. The number of esters is 2. The third-order valence-corrected chi connectivity index (χ3v) is 5.86. The van der Waals surface area contributed by atoms with Gasteiger partial charge < -0.3 is 14.2 Å². The Morgan fingerprint density at radius 2 is 1.87 bits per heavy atom. The van der Waals surface area contributed by atoms with E-state index in [1.165, 1.54) is 30.4 Å². The first-order valence-electron chi connectivity index (χ1n) is 9.10.